The standard InChI is InChI=1S/C13H14N2O2/c1-8-12(9(2)16)7-14-13(15-8)10-4-3-5-11(17)6-10/h3-7,9,16-17H,1-2H3/t9-/m1/s1. The number of phenolic OH excluding ortho intramolecular Hbond substituents is 1. The summed E-state index contributed by atoms with van der Waals surface area (Å²) >= 11 is 0. The summed E-state index contributed by atoms with van der Waals surface area (Å²) in [5.74, 6) is 0.728. The zero-order valence-electron chi connectivity index (χ0n) is 9.75. The van der Waals surface area contributed by atoms with Gasteiger partial charge in [-0.2, -0.15) is 0 Å². The van der Waals surface area contributed by atoms with Crippen molar-refractivity contribution in [1.82, 2.24) is 9.97 Å². The number of hydrogen-bond donors (Lipinski definition) is 2. The number of phenols is 1. The van der Waals surface area contributed by atoms with Gasteiger partial charge in [-0.3, -0.25) is 0 Å². The van der Waals surface area contributed by atoms with E-state index in [0.717, 1.165) is 11.3 Å². The fourth-order valence-electron chi connectivity index (χ4n) is 1.67. The van der Waals surface area contributed by atoms with Gasteiger partial charge in [-0.05, 0) is 26.0 Å². The van der Waals surface area contributed by atoms with E-state index in [9.17, 15) is 10.2 Å². The third-order valence-corrected chi connectivity index (χ3v) is 2.57. The Hall–Kier alpha value is -1.94. The molecular formula is C13H14N2O2. The average Bonchev–Trinajstić information content (AvgIpc) is 2.28. The third kappa shape index (κ3) is 2.42. The Labute approximate surface area is 99.6 Å². The van der Waals surface area contributed by atoms with Crippen LogP contribution in [0.1, 0.15) is 24.3 Å². The van der Waals surface area contributed by atoms with Gasteiger partial charge >= 0.3 is 0 Å². The number of aliphatic hydroxyl groups excluding tert-OH is 1. The van der Waals surface area contributed by atoms with Crippen LogP contribution in [0.2, 0.25) is 0 Å². The molecule has 0 saturated carbocycles. The smallest absolute Gasteiger partial charge is 0.159 e. The van der Waals surface area contributed by atoms with E-state index in [2.05, 4.69) is 9.97 Å². The largest absolute Gasteiger partial charge is 0.508 e. The van der Waals surface area contributed by atoms with E-state index in [1.165, 1.54) is 0 Å². The van der Waals surface area contributed by atoms with Crippen molar-refractivity contribution in [2.24, 2.45) is 0 Å². The van der Waals surface area contributed by atoms with Crippen molar-refractivity contribution in [1.29, 1.82) is 0 Å². The first-order valence-corrected chi connectivity index (χ1v) is 5.39. The molecule has 1 aromatic carbocycles. The maximum absolute atomic E-state index is 9.49. The molecule has 2 rings (SSSR count). The molecule has 0 unspecified atom stereocenters. The molecule has 0 radical (unpaired) electrons. The Morgan fingerprint density at radius 1 is 1.29 bits per heavy atom. The molecule has 1 heterocycles. The second-order valence-corrected chi connectivity index (χ2v) is 3.96. The van der Waals surface area contributed by atoms with Gasteiger partial charge in [0.1, 0.15) is 5.75 Å². The maximum Gasteiger partial charge on any atom is 0.159 e. The van der Waals surface area contributed by atoms with Crippen LogP contribution in [0.25, 0.3) is 11.4 Å². The number of aromatic hydroxyl groups is 1. The predicted molar refractivity (Wildman–Crippen MR) is 64.5 cm³/mol. The highest BCUT2D eigenvalue weighted by molar-refractivity contribution is 5.57. The summed E-state index contributed by atoms with van der Waals surface area (Å²) in [6, 6.07) is 6.78. The molecule has 4 nitrogen and oxygen atoms in total. The van der Waals surface area contributed by atoms with E-state index >= 15 is 0 Å². The molecule has 0 aliphatic rings. The Morgan fingerprint density at radius 2 is 2.06 bits per heavy atom. The van der Waals surface area contributed by atoms with Crippen molar-refractivity contribution >= 4 is 0 Å². The fourth-order valence-corrected chi connectivity index (χ4v) is 1.67. The van der Waals surface area contributed by atoms with Crippen molar-refractivity contribution in [2.75, 3.05) is 0 Å². The molecular weight excluding hydrogens is 216 g/mol. The van der Waals surface area contributed by atoms with Crippen LogP contribution in [-0.4, -0.2) is 20.2 Å². The van der Waals surface area contributed by atoms with Gasteiger partial charge in [0.2, 0.25) is 0 Å². The summed E-state index contributed by atoms with van der Waals surface area (Å²) in [5, 5.41) is 18.9. The molecule has 1 atom stereocenters. The third-order valence-electron chi connectivity index (χ3n) is 2.57. The minimum atomic E-state index is -0.576. The fraction of sp³-hybridized carbons (Fsp3) is 0.231. The summed E-state index contributed by atoms with van der Waals surface area (Å²) in [5.41, 5.74) is 2.22. The molecule has 2 aromatic rings. The van der Waals surface area contributed by atoms with Crippen LogP contribution in [0.15, 0.2) is 30.5 Å². The van der Waals surface area contributed by atoms with E-state index in [1.54, 1.807) is 31.3 Å². The summed E-state index contributed by atoms with van der Waals surface area (Å²) in [6.45, 7) is 3.51. The Balaban J connectivity index is 2.44. The average molecular weight is 230 g/mol. The van der Waals surface area contributed by atoms with Crippen LogP contribution in [-0.2, 0) is 0 Å². The second-order valence-electron chi connectivity index (χ2n) is 3.96. The number of benzene rings is 1. The van der Waals surface area contributed by atoms with Gasteiger partial charge in [-0.25, -0.2) is 9.97 Å². The lowest BCUT2D eigenvalue weighted by Crippen LogP contribution is -2.01. The normalized spacial score (nSPS) is 12.4. The number of hydrogen-bond acceptors (Lipinski definition) is 4. The van der Waals surface area contributed by atoms with Crippen molar-refractivity contribution in [3.63, 3.8) is 0 Å². The maximum atomic E-state index is 9.49. The van der Waals surface area contributed by atoms with Crippen LogP contribution in [0.4, 0.5) is 0 Å². The molecule has 88 valence electrons. The number of aryl methyl sites for hydroxylation is 1. The number of rotatable bonds is 2. The molecule has 17 heavy (non-hydrogen) atoms. The van der Waals surface area contributed by atoms with Crippen LogP contribution in [0, 0.1) is 6.92 Å². The quantitative estimate of drug-likeness (QED) is 0.830. The number of aliphatic hydroxyl groups is 1. The van der Waals surface area contributed by atoms with E-state index in [4.69, 9.17) is 0 Å². The van der Waals surface area contributed by atoms with E-state index in [-0.39, 0.29) is 5.75 Å². The molecule has 0 spiro atoms. The van der Waals surface area contributed by atoms with Crippen molar-refractivity contribution < 1.29 is 10.2 Å². The van der Waals surface area contributed by atoms with E-state index < -0.39 is 6.10 Å². The minimum Gasteiger partial charge on any atom is -0.508 e. The molecule has 0 fully saturated rings. The lowest BCUT2D eigenvalue weighted by molar-refractivity contribution is 0.197. The minimum absolute atomic E-state index is 0.184. The van der Waals surface area contributed by atoms with Crippen molar-refractivity contribution in [3.05, 3.63) is 41.7 Å². The highest BCUT2D eigenvalue weighted by atomic mass is 16.3. The monoisotopic (exact) mass is 230 g/mol. The topological polar surface area (TPSA) is 66.2 Å². The van der Waals surface area contributed by atoms with Gasteiger partial charge in [0, 0.05) is 23.0 Å². The number of nitrogens with zero attached hydrogens (tertiary/aromatic N) is 2. The Bertz CT molecular complexity index is 539. The highest BCUT2D eigenvalue weighted by Gasteiger charge is 2.09. The Morgan fingerprint density at radius 3 is 2.65 bits per heavy atom. The first-order chi connectivity index (χ1) is 8.08. The molecule has 0 aliphatic heterocycles. The SMILES string of the molecule is Cc1nc(-c2cccc(O)c2)ncc1[C@@H](C)O. The zero-order chi connectivity index (χ0) is 12.4. The molecule has 0 aliphatic carbocycles. The molecule has 1 aromatic heterocycles. The van der Waals surface area contributed by atoms with Crippen LogP contribution < -0.4 is 0 Å². The summed E-state index contributed by atoms with van der Waals surface area (Å²) in [4.78, 5) is 8.51. The molecule has 0 amide bonds. The zero-order valence-corrected chi connectivity index (χ0v) is 9.75. The molecule has 2 N–H and O–H groups in total. The predicted octanol–water partition coefficient (Wildman–Crippen LogP) is 2.21. The van der Waals surface area contributed by atoms with Crippen molar-refractivity contribution in [3.8, 4) is 17.1 Å². The highest BCUT2D eigenvalue weighted by Crippen LogP contribution is 2.22. The number of aromatic nitrogens is 2. The summed E-state index contributed by atoms with van der Waals surface area (Å²) in [7, 11) is 0. The van der Waals surface area contributed by atoms with Gasteiger partial charge in [0.05, 0.1) is 6.10 Å². The van der Waals surface area contributed by atoms with Gasteiger partial charge in [-0.15, -0.1) is 0 Å². The summed E-state index contributed by atoms with van der Waals surface area (Å²) in [6.07, 6.45) is 1.04. The second kappa shape index (κ2) is 4.51. The molecule has 0 saturated heterocycles. The van der Waals surface area contributed by atoms with Gasteiger partial charge in [0.25, 0.3) is 0 Å². The molecule has 0 bridgehead atoms. The lowest BCUT2D eigenvalue weighted by Gasteiger charge is -2.09. The lowest BCUT2D eigenvalue weighted by atomic mass is 10.1. The van der Waals surface area contributed by atoms with E-state index in [0.29, 0.717) is 11.4 Å². The van der Waals surface area contributed by atoms with Crippen LogP contribution in [0.5, 0.6) is 5.75 Å². The molecule has 4 heteroatoms. The van der Waals surface area contributed by atoms with Crippen molar-refractivity contribution in [2.45, 2.75) is 20.0 Å². The van der Waals surface area contributed by atoms with Gasteiger partial charge in [-0.1, -0.05) is 12.1 Å². The first-order valence-electron chi connectivity index (χ1n) is 5.39. The van der Waals surface area contributed by atoms with Gasteiger partial charge < -0.3 is 10.2 Å². The summed E-state index contributed by atoms with van der Waals surface area (Å²) < 4.78 is 0. The van der Waals surface area contributed by atoms with Crippen LogP contribution >= 0.6 is 0 Å². The van der Waals surface area contributed by atoms with E-state index in [1.807, 2.05) is 13.0 Å². The van der Waals surface area contributed by atoms with Gasteiger partial charge in [0.15, 0.2) is 5.82 Å². The van der Waals surface area contributed by atoms with Crippen LogP contribution in [0.3, 0.4) is 0 Å². The Kier molecular flexibility index (Phi) is 3.06. The first kappa shape index (κ1) is 11.5.